The van der Waals surface area contributed by atoms with Gasteiger partial charge in [-0.3, -0.25) is 0 Å². The first-order valence-electron chi connectivity index (χ1n) is 6.95. The van der Waals surface area contributed by atoms with Crippen LogP contribution in [-0.2, 0) is 11.2 Å². The number of aromatic nitrogens is 2. The van der Waals surface area contributed by atoms with Crippen LogP contribution in [0.1, 0.15) is 25.3 Å². The summed E-state index contributed by atoms with van der Waals surface area (Å²) in [6.45, 7) is 2.09. The molecule has 0 bridgehead atoms. The molecule has 0 amide bonds. The Bertz CT molecular complexity index is 650. The Labute approximate surface area is 127 Å². The molecule has 0 saturated carbocycles. The molecule has 2 rings (SSSR count). The summed E-state index contributed by atoms with van der Waals surface area (Å²) >= 11 is -1.02. The second-order valence-electron chi connectivity index (χ2n) is 4.71. The van der Waals surface area contributed by atoms with Crippen molar-refractivity contribution in [1.29, 1.82) is 5.41 Å². The summed E-state index contributed by atoms with van der Waals surface area (Å²) in [6.07, 6.45) is 8.51. The van der Waals surface area contributed by atoms with E-state index in [1.54, 1.807) is 19.4 Å². The van der Waals surface area contributed by atoms with Gasteiger partial charge in [0.2, 0.25) is 0 Å². The Hall–Kier alpha value is -1.79. The average Bonchev–Trinajstić information content (AvgIpc) is 2.93. The van der Waals surface area contributed by atoms with Crippen molar-refractivity contribution >= 4 is 34.0 Å². The number of rotatable bonds is 7. The Balaban J connectivity index is 2.41. The van der Waals surface area contributed by atoms with Crippen molar-refractivity contribution in [1.82, 2.24) is 15.3 Å². The van der Waals surface area contributed by atoms with Gasteiger partial charge in [0.1, 0.15) is 11.4 Å². The van der Waals surface area contributed by atoms with Gasteiger partial charge in [0.05, 0.1) is 6.20 Å². The maximum absolute atomic E-state index is 12.2. The predicted molar refractivity (Wildman–Crippen MR) is 88.1 cm³/mol. The molecule has 5 nitrogen and oxygen atoms in total. The third kappa shape index (κ3) is 3.46. The molecule has 6 heteroatoms. The van der Waals surface area contributed by atoms with E-state index in [9.17, 15) is 4.55 Å². The molecule has 0 radical (unpaired) electrons. The molecule has 21 heavy (non-hydrogen) atoms. The van der Waals surface area contributed by atoms with E-state index in [1.165, 1.54) is 6.21 Å². The van der Waals surface area contributed by atoms with Crippen LogP contribution < -0.4 is 5.32 Å². The minimum atomic E-state index is -1.02. The Morgan fingerprint density at radius 1 is 1.57 bits per heavy atom. The zero-order valence-electron chi connectivity index (χ0n) is 12.3. The number of hydrogen-bond acceptors (Lipinski definition) is 4. The van der Waals surface area contributed by atoms with Gasteiger partial charge in [-0.2, -0.15) is 0 Å². The van der Waals surface area contributed by atoms with E-state index in [2.05, 4.69) is 22.2 Å². The van der Waals surface area contributed by atoms with Gasteiger partial charge in [0.25, 0.3) is 0 Å². The maximum Gasteiger partial charge on any atom is 0.171 e. The molecule has 0 aliphatic rings. The number of hydrogen-bond donors (Lipinski definition) is 3. The summed E-state index contributed by atoms with van der Waals surface area (Å²) in [6, 6.07) is 1.91. The fourth-order valence-electron chi connectivity index (χ4n) is 2.09. The molecular weight excluding hydrogens is 284 g/mol. The molecule has 3 N–H and O–H groups in total. The van der Waals surface area contributed by atoms with Gasteiger partial charge < -0.3 is 20.3 Å². The highest BCUT2D eigenvalue weighted by Crippen LogP contribution is 2.25. The molecule has 0 aromatic carbocycles. The quantitative estimate of drug-likeness (QED) is 0.543. The highest BCUT2D eigenvalue weighted by Gasteiger charge is 2.15. The van der Waals surface area contributed by atoms with E-state index in [0.29, 0.717) is 5.75 Å². The monoisotopic (exact) mass is 304 g/mol. The number of pyridine rings is 1. The second-order valence-corrected chi connectivity index (χ2v) is 6.28. The smallest absolute Gasteiger partial charge is 0.171 e. The van der Waals surface area contributed by atoms with Crippen LogP contribution in [0.2, 0.25) is 0 Å². The molecule has 0 aliphatic carbocycles. The van der Waals surface area contributed by atoms with Crippen LogP contribution in [0.25, 0.3) is 16.6 Å². The lowest BCUT2D eigenvalue weighted by molar-refractivity contribution is 0.591. The van der Waals surface area contributed by atoms with Crippen molar-refractivity contribution < 1.29 is 4.55 Å². The van der Waals surface area contributed by atoms with Crippen molar-refractivity contribution in [3.8, 4) is 0 Å². The third-order valence-electron chi connectivity index (χ3n) is 3.22. The van der Waals surface area contributed by atoms with Gasteiger partial charge in [-0.1, -0.05) is 13.3 Å². The lowest BCUT2D eigenvalue weighted by atomic mass is 10.1. The molecule has 0 aliphatic heterocycles. The Morgan fingerprint density at radius 3 is 3.05 bits per heavy atom. The van der Waals surface area contributed by atoms with Crippen LogP contribution in [0.4, 0.5) is 0 Å². The first-order valence-corrected chi connectivity index (χ1v) is 8.27. The minimum absolute atomic E-state index is 0.660. The molecule has 2 aromatic rings. The Morgan fingerprint density at radius 2 is 2.38 bits per heavy atom. The molecule has 2 heterocycles. The van der Waals surface area contributed by atoms with Crippen LogP contribution in [0, 0.1) is 5.41 Å². The molecule has 1 atom stereocenters. The fraction of sp³-hybridized carbons (Fsp3) is 0.333. The minimum Gasteiger partial charge on any atom is -0.611 e. The van der Waals surface area contributed by atoms with E-state index < -0.39 is 11.2 Å². The molecule has 0 saturated heterocycles. The van der Waals surface area contributed by atoms with Gasteiger partial charge in [0, 0.05) is 48.2 Å². The zero-order chi connectivity index (χ0) is 15.2. The molecule has 2 aromatic heterocycles. The third-order valence-corrected chi connectivity index (χ3v) is 4.63. The Kier molecular flexibility index (Phi) is 5.41. The van der Waals surface area contributed by atoms with Gasteiger partial charge in [-0.15, -0.1) is 0 Å². The van der Waals surface area contributed by atoms with Crippen molar-refractivity contribution in [2.45, 2.75) is 24.7 Å². The van der Waals surface area contributed by atoms with E-state index >= 15 is 0 Å². The van der Waals surface area contributed by atoms with Crippen molar-refractivity contribution in [2.24, 2.45) is 0 Å². The average molecular weight is 304 g/mol. The number of aromatic amines is 1. The van der Waals surface area contributed by atoms with Gasteiger partial charge in [-0.25, -0.2) is 4.98 Å². The van der Waals surface area contributed by atoms with Gasteiger partial charge >= 0.3 is 0 Å². The molecule has 0 spiro atoms. The van der Waals surface area contributed by atoms with Crippen molar-refractivity contribution in [3.63, 3.8) is 0 Å². The van der Waals surface area contributed by atoms with Crippen LogP contribution in [-0.4, -0.2) is 33.5 Å². The van der Waals surface area contributed by atoms with Crippen LogP contribution >= 0.6 is 0 Å². The van der Waals surface area contributed by atoms with E-state index in [1.807, 2.05) is 12.3 Å². The fourth-order valence-corrected chi connectivity index (χ4v) is 3.30. The topological polar surface area (TPSA) is 87.6 Å². The summed E-state index contributed by atoms with van der Waals surface area (Å²) in [4.78, 5) is 8.17. The molecule has 0 fully saturated rings. The van der Waals surface area contributed by atoms with E-state index in [0.717, 1.165) is 39.9 Å². The number of unbranched alkanes of at least 4 members (excludes halogenated alkanes) is 1. The number of nitrogens with one attached hydrogen (secondary N) is 3. The van der Waals surface area contributed by atoms with Gasteiger partial charge in [0.15, 0.2) is 4.90 Å². The highest BCUT2D eigenvalue weighted by atomic mass is 32.2. The normalized spacial score (nSPS) is 13.4. The van der Waals surface area contributed by atoms with E-state index in [4.69, 9.17) is 5.41 Å². The number of H-pyrrole nitrogens is 1. The summed E-state index contributed by atoms with van der Waals surface area (Å²) < 4.78 is 12.2. The van der Waals surface area contributed by atoms with Gasteiger partial charge in [-0.05, 0) is 17.6 Å². The molecular formula is C15H20N4OS. The summed E-state index contributed by atoms with van der Waals surface area (Å²) in [5.74, 6) is 0.660. The first kappa shape index (κ1) is 15.6. The first-order chi connectivity index (χ1) is 10.2. The van der Waals surface area contributed by atoms with Crippen LogP contribution in [0.3, 0.4) is 0 Å². The summed E-state index contributed by atoms with van der Waals surface area (Å²) in [5, 5.41) is 11.3. The standard InChI is InChI=1S/C15H20N4OS/c1-3-4-5-21(20)12-6-13-14(11(7-16)8-17-2)10-19-15(13)18-9-12/h6-10,16-17H,3-5H2,1-2H3,(H,18,19)/b11-8+,16-7?. The highest BCUT2D eigenvalue weighted by molar-refractivity contribution is 7.91. The molecule has 112 valence electrons. The number of nitrogens with zero attached hydrogens (tertiary/aromatic N) is 1. The number of allylic oxidation sites excluding steroid dienone is 1. The van der Waals surface area contributed by atoms with Crippen LogP contribution in [0.15, 0.2) is 29.6 Å². The lowest BCUT2D eigenvalue weighted by Crippen LogP contribution is -2.07. The maximum atomic E-state index is 12.2. The number of fused-ring (bicyclic) bond motifs is 1. The van der Waals surface area contributed by atoms with Crippen LogP contribution in [0.5, 0.6) is 0 Å². The SMILES string of the molecule is CCCC[S+]([O-])c1cnc2[nH]cc(/C(C=N)=C/NC)c2c1. The molecule has 1 unspecified atom stereocenters. The van der Waals surface area contributed by atoms with Crippen molar-refractivity contribution in [2.75, 3.05) is 12.8 Å². The van der Waals surface area contributed by atoms with Crippen molar-refractivity contribution in [3.05, 3.63) is 30.2 Å². The zero-order valence-corrected chi connectivity index (χ0v) is 13.1. The summed E-state index contributed by atoms with van der Waals surface area (Å²) in [7, 11) is 1.79. The summed E-state index contributed by atoms with van der Waals surface area (Å²) in [5.41, 5.74) is 2.38. The van der Waals surface area contributed by atoms with E-state index in [-0.39, 0.29) is 0 Å². The largest absolute Gasteiger partial charge is 0.611 e. The second kappa shape index (κ2) is 7.28. The predicted octanol–water partition coefficient (Wildman–Crippen LogP) is 2.68. The lowest BCUT2D eigenvalue weighted by Gasteiger charge is -2.09.